The lowest BCUT2D eigenvalue weighted by Gasteiger charge is -2.23. The van der Waals surface area contributed by atoms with Crippen LogP contribution >= 0.6 is 0 Å². The highest BCUT2D eigenvalue weighted by Crippen LogP contribution is 2.37. The number of carbonyl (C=O) groups is 1. The molecule has 0 spiro atoms. The summed E-state index contributed by atoms with van der Waals surface area (Å²) in [5, 5.41) is 9.36. The molecule has 1 N–H and O–H groups in total. The highest BCUT2D eigenvalue weighted by molar-refractivity contribution is 7.91. The van der Waals surface area contributed by atoms with E-state index in [1.54, 1.807) is 13.0 Å². The molecule has 1 heterocycles. The van der Waals surface area contributed by atoms with Gasteiger partial charge in [0.15, 0.2) is 9.84 Å². The van der Waals surface area contributed by atoms with Crippen LogP contribution in [-0.2, 0) is 21.1 Å². The zero-order chi connectivity index (χ0) is 14.3. The summed E-state index contributed by atoms with van der Waals surface area (Å²) < 4.78 is 36.3. The van der Waals surface area contributed by atoms with Crippen LogP contribution < -0.4 is 0 Å². The van der Waals surface area contributed by atoms with Crippen LogP contribution in [-0.4, -0.2) is 31.0 Å². The molecule has 4 nitrogen and oxygen atoms in total. The summed E-state index contributed by atoms with van der Waals surface area (Å²) >= 11 is 0. The van der Waals surface area contributed by atoms with E-state index in [1.165, 1.54) is 12.1 Å². The number of aryl methyl sites for hydroxylation is 1. The first-order valence-corrected chi connectivity index (χ1v) is 7.75. The molecular weight excluding hydrogens is 271 g/mol. The first-order valence-electron chi connectivity index (χ1n) is 5.93. The van der Waals surface area contributed by atoms with Crippen molar-refractivity contribution in [2.45, 2.75) is 19.8 Å². The van der Waals surface area contributed by atoms with Crippen molar-refractivity contribution >= 4 is 15.8 Å². The van der Waals surface area contributed by atoms with Crippen molar-refractivity contribution in [2.24, 2.45) is 5.41 Å². The minimum absolute atomic E-state index is 0.0468. The number of carboxylic acids is 1. The maximum absolute atomic E-state index is 13.2. The summed E-state index contributed by atoms with van der Waals surface area (Å²) in [5.74, 6) is -2.06. The van der Waals surface area contributed by atoms with Gasteiger partial charge in [0.2, 0.25) is 0 Å². The van der Waals surface area contributed by atoms with E-state index in [-0.39, 0.29) is 24.3 Å². The van der Waals surface area contributed by atoms with Crippen molar-refractivity contribution in [1.29, 1.82) is 0 Å². The first kappa shape index (κ1) is 14.0. The predicted octanol–water partition coefficient (Wildman–Crippen LogP) is 1.57. The van der Waals surface area contributed by atoms with Gasteiger partial charge in [0.05, 0.1) is 16.9 Å². The fourth-order valence-electron chi connectivity index (χ4n) is 2.49. The molecule has 1 aromatic rings. The molecule has 1 unspecified atom stereocenters. The molecule has 0 aliphatic carbocycles. The van der Waals surface area contributed by atoms with E-state index in [1.807, 2.05) is 0 Å². The summed E-state index contributed by atoms with van der Waals surface area (Å²) in [5.41, 5.74) is 0.00280. The number of sulfone groups is 1. The minimum atomic E-state index is -3.32. The molecule has 0 aromatic heterocycles. The molecule has 104 valence electrons. The van der Waals surface area contributed by atoms with Gasteiger partial charge in [0.1, 0.15) is 5.82 Å². The Kier molecular flexibility index (Phi) is 3.38. The van der Waals surface area contributed by atoms with Crippen LogP contribution in [0, 0.1) is 18.2 Å². The van der Waals surface area contributed by atoms with Crippen molar-refractivity contribution in [2.75, 3.05) is 11.5 Å². The standard InChI is InChI=1S/C13H15FO4S/c1-9-2-3-11(14)6-10(9)7-13(12(15)16)4-5-19(17,18)8-13/h2-3,6H,4-5,7-8H2,1H3,(H,15,16). The SMILES string of the molecule is Cc1ccc(F)cc1CC1(C(=O)O)CCS(=O)(=O)C1. The van der Waals surface area contributed by atoms with Gasteiger partial charge in [-0.2, -0.15) is 0 Å². The van der Waals surface area contributed by atoms with Crippen LogP contribution in [0.15, 0.2) is 18.2 Å². The summed E-state index contributed by atoms with van der Waals surface area (Å²) in [6.45, 7) is 1.76. The number of hydrogen-bond donors (Lipinski definition) is 1. The van der Waals surface area contributed by atoms with Crippen LogP contribution in [0.25, 0.3) is 0 Å². The average molecular weight is 286 g/mol. The number of hydrogen-bond acceptors (Lipinski definition) is 3. The van der Waals surface area contributed by atoms with Crippen molar-refractivity contribution in [3.05, 3.63) is 35.1 Å². The molecule has 1 aromatic carbocycles. The van der Waals surface area contributed by atoms with Crippen LogP contribution in [0.3, 0.4) is 0 Å². The summed E-state index contributed by atoms with van der Waals surface area (Å²) in [7, 11) is -3.32. The number of rotatable bonds is 3. The molecule has 0 bridgehead atoms. The van der Waals surface area contributed by atoms with E-state index in [9.17, 15) is 22.7 Å². The molecule has 1 fully saturated rings. The summed E-state index contributed by atoms with van der Waals surface area (Å²) in [6.07, 6.45) is 0.131. The van der Waals surface area contributed by atoms with Gasteiger partial charge < -0.3 is 5.11 Å². The third-order valence-corrected chi connectivity index (χ3v) is 5.50. The fourth-order valence-corrected chi connectivity index (χ4v) is 4.55. The average Bonchev–Trinajstić information content (AvgIpc) is 2.61. The Hall–Kier alpha value is -1.43. The molecule has 19 heavy (non-hydrogen) atoms. The molecule has 2 rings (SSSR count). The van der Waals surface area contributed by atoms with Gasteiger partial charge in [0.25, 0.3) is 0 Å². The van der Waals surface area contributed by atoms with Crippen LogP contribution in [0.1, 0.15) is 17.5 Å². The topological polar surface area (TPSA) is 71.4 Å². The molecule has 1 atom stereocenters. The van der Waals surface area contributed by atoms with Gasteiger partial charge in [-0.3, -0.25) is 4.79 Å². The molecule has 1 aliphatic heterocycles. The van der Waals surface area contributed by atoms with Gasteiger partial charge in [0, 0.05) is 0 Å². The predicted molar refractivity (Wildman–Crippen MR) is 68.2 cm³/mol. The van der Waals surface area contributed by atoms with E-state index in [0.29, 0.717) is 5.56 Å². The second-order valence-electron chi connectivity index (χ2n) is 5.18. The summed E-state index contributed by atoms with van der Waals surface area (Å²) in [6, 6.07) is 4.16. The Morgan fingerprint density at radius 2 is 2.16 bits per heavy atom. The van der Waals surface area contributed by atoms with Gasteiger partial charge in [-0.15, -0.1) is 0 Å². The lowest BCUT2D eigenvalue weighted by Crippen LogP contribution is -2.34. The Morgan fingerprint density at radius 3 is 2.68 bits per heavy atom. The Balaban J connectivity index is 2.38. The van der Waals surface area contributed by atoms with Crippen molar-refractivity contribution in [3.63, 3.8) is 0 Å². The van der Waals surface area contributed by atoms with E-state index < -0.39 is 27.0 Å². The zero-order valence-corrected chi connectivity index (χ0v) is 11.3. The van der Waals surface area contributed by atoms with Crippen molar-refractivity contribution in [3.8, 4) is 0 Å². The Bertz CT molecular complexity index is 624. The van der Waals surface area contributed by atoms with Gasteiger partial charge in [-0.05, 0) is 43.0 Å². The van der Waals surface area contributed by atoms with Gasteiger partial charge in [-0.1, -0.05) is 6.07 Å². The first-order chi connectivity index (χ1) is 8.74. The third kappa shape index (κ3) is 2.78. The molecule has 1 aliphatic rings. The second-order valence-corrected chi connectivity index (χ2v) is 7.36. The maximum atomic E-state index is 13.2. The third-order valence-electron chi connectivity index (χ3n) is 3.68. The fraction of sp³-hybridized carbons (Fsp3) is 0.462. The second kappa shape index (κ2) is 4.59. The van der Waals surface area contributed by atoms with Gasteiger partial charge in [-0.25, -0.2) is 12.8 Å². The van der Waals surface area contributed by atoms with Crippen LogP contribution in [0.2, 0.25) is 0 Å². The molecule has 0 saturated carbocycles. The Morgan fingerprint density at radius 1 is 1.47 bits per heavy atom. The summed E-state index contributed by atoms with van der Waals surface area (Å²) in [4.78, 5) is 11.5. The lowest BCUT2D eigenvalue weighted by atomic mass is 9.80. The van der Waals surface area contributed by atoms with Crippen LogP contribution in [0.5, 0.6) is 0 Å². The van der Waals surface area contributed by atoms with E-state index in [4.69, 9.17) is 0 Å². The van der Waals surface area contributed by atoms with E-state index in [0.717, 1.165) is 5.56 Å². The molecule has 0 radical (unpaired) electrons. The quantitative estimate of drug-likeness (QED) is 0.915. The minimum Gasteiger partial charge on any atom is -0.481 e. The highest BCUT2D eigenvalue weighted by Gasteiger charge is 2.48. The smallest absolute Gasteiger partial charge is 0.311 e. The van der Waals surface area contributed by atoms with Gasteiger partial charge >= 0.3 is 5.97 Å². The molecular formula is C13H15FO4S. The Labute approximate surface area is 111 Å². The highest BCUT2D eigenvalue weighted by atomic mass is 32.2. The van der Waals surface area contributed by atoms with E-state index >= 15 is 0 Å². The molecule has 0 amide bonds. The van der Waals surface area contributed by atoms with E-state index in [2.05, 4.69) is 0 Å². The lowest BCUT2D eigenvalue weighted by molar-refractivity contribution is -0.147. The zero-order valence-electron chi connectivity index (χ0n) is 10.5. The van der Waals surface area contributed by atoms with Crippen molar-refractivity contribution in [1.82, 2.24) is 0 Å². The molecule has 6 heteroatoms. The molecule has 1 saturated heterocycles. The number of carboxylic acid groups (broad SMARTS) is 1. The largest absolute Gasteiger partial charge is 0.481 e. The monoisotopic (exact) mass is 286 g/mol. The van der Waals surface area contributed by atoms with Crippen molar-refractivity contribution < 1.29 is 22.7 Å². The maximum Gasteiger partial charge on any atom is 0.311 e. The van der Waals surface area contributed by atoms with Crippen LogP contribution in [0.4, 0.5) is 4.39 Å². The number of halogens is 1. The number of aliphatic carboxylic acids is 1. The number of benzene rings is 1. The normalized spacial score (nSPS) is 25.4.